The Labute approximate surface area is 225 Å². The monoisotopic (exact) mass is 592 g/mol. The molecule has 0 fully saturated rings. The maximum Gasteiger partial charge on any atom is 0.573 e. The van der Waals surface area contributed by atoms with E-state index < -0.39 is 49.3 Å². The van der Waals surface area contributed by atoms with E-state index in [0.717, 1.165) is 15.4 Å². The van der Waals surface area contributed by atoms with Crippen molar-refractivity contribution in [2.45, 2.75) is 44.8 Å². The largest absolute Gasteiger partial charge is 0.573 e. The Morgan fingerprint density at radius 3 is 2.25 bits per heavy atom. The van der Waals surface area contributed by atoms with Crippen LogP contribution in [0.25, 0.3) is 17.1 Å². The third kappa shape index (κ3) is 6.46. The lowest BCUT2D eigenvalue weighted by atomic mass is 10.2. The Kier molecular flexibility index (Phi) is 7.96. The molecule has 0 saturated heterocycles. The number of aliphatic hydroxyl groups excluding tert-OH is 2. The van der Waals surface area contributed by atoms with Crippen LogP contribution < -0.4 is 10.4 Å². The van der Waals surface area contributed by atoms with Crippen molar-refractivity contribution in [2.24, 2.45) is 0 Å². The fourth-order valence-electron chi connectivity index (χ4n) is 3.66. The molecule has 2 heterocycles. The SMILES string of the molecule is CC(O)c1nc(Cn2nc(-c3ccc(Cl)cc3)n(CC(O)C(F)(F)F)c2=O)nn1-c1ccccc1OC(F)(F)F. The fraction of sp³-hybridized carbons (Fsp3) is 0.304. The van der Waals surface area contributed by atoms with Gasteiger partial charge in [0.15, 0.2) is 29.3 Å². The highest BCUT2D eigenvalue weighted by molar-refractivity contribution is 6.30. The van der Waals surface area contributed by atoms with Gasteiger partial charge < -0.3 is 14.9 Å². The van der Waals surface area contributed by atoms with Gasteiger partial charge in [0.05, 0.1) is 6.54 Å². The van der Waals surface area contributed by atoms with Crippen molar-refractivity contribution in [3.8, 4) is 22.8 Å². The van der Waals surface area contributed by atoms with Crippen molar-refractivity contribution < 1.29 is 41.3 Å². The molecule has 40 heavy (non-hydrogen) atoms. The zero-order chi connectivity index (χ0) is 29.4. The Bertz CT molecular complexity index is 1550. The highest BCUT2D eigenvalue weighted by atomic mass is 35.5. The first-order valence-electron chi connectivity index (χ1n) is 11.3. The van der Waals surface area contributed by atoms with Crippen LogP contribution in [0.2, 0.25) is 5.02 Å². The van der Waals surface area contributed by atoms with Crippen molar-refractivity contribution in [2.75, 3.05) is 0 Å². The first kappa shape index (κ1) is 29.1. The number of rotatable bonds is 8. The van der Waals surface area contributed by atoms with Gasteiger partial charge in [-0.25, -0.2) is 19.1 Å². The van der Waals surface area contributed by atoms with E-state index in [-0.39, 0.29) is 28.7 Å². The van der Waals surface area contributed by atoms with Crippen LogP contribution in [0, 0.1) is 0 Å². The Morgan fingerprint density at radius 1 is 1.00 bits per heavy atom. The molecule has 2 aromatic heterocycles. The molecule has 0 aliphatic heterocycles. The van der Waals surface area contributed by atoms with E-state index in [4.69, 9.17) is 11.6 Å². The minimum absolute atomic E-state index is 0.205. The van der Waals surface area contributed by atoms with Gasteiger partial charge in [-0.05, 0) is 43.3 Å². The number of para-hydroxylation sites is 2. The van der Waals surface area contributed by atoms with Crippen LogP contribution in [0.5, 0.6) is 5.75 Å². The van der Waals surface area contributed by atoms with E-state index in [1.807, 2.05) is 0 Å². The lowest BCUT2D eigenvalue weighted by molar-refractivity contribution is -0.274. The summed E-state index contributed by atoms with van der Waals surface area (Å²) in [7, 11) is 0. The van der Waals surface area contributed by atoms with E-state index in [1.54, 1.807) is 0 Å². The van der Waals surface area contributed by atoms with Crippen molar-refractivity contribution >= 4 is 11.6 Å². The van der Waals surface area contributed by atoms with Gasteiger partial charge in [0.25, 0.3) is 0 Å². The van der Waals surface area contributed by atoms with Gasteiger partial charge in [0.2, 0.25) is 0 Å². The van der Waals surface area contributed by atoms with Gasteiger partial charge in [-0.2, -0.15) is 13.2 Å². The molecular formula is C23H19ClF6N6O4. The molecule has 2 atom stereocenters. The molecule has 0 saturated carbocycles. The highest BCUT2D eigenvalue weighted by Crippen LogP contribution is 2.30. The summed E-state index contributed by atoms with van der Waals surface area (Å²) in [5, 5.41) is 28.3. The number of ether oxygens (including phenoxy) is 1. The van der Waals surface area contributed by atoms with Crippen LogP contribution in [0.15, 0.2) is 53.3 Å². The second-order valence-corrected chi connectivity index (χ2v) is 8.86. The highest BCUT2D eigenvalue weighted by Gasteiger charge is 2.39. The van der Waals surface area contributed by atoms with E-state index in [9.17, 15) is 41.4 Å². The van der Waals surface area contributed by atoms with Crippen LogP contribution in [0.3, 0.4) is 0 Å². The van der Waals surface area contributed by atoms with Gasteiger partial charge in [-0.1, -0.05) is 23.7 Å². The first-order valence-corrected chi connectivity index (χ1v) is 11.7. The molecule has 0 radical (unpaired) electrons. The topological polar surface area (TPSA) is 120 Å². The van der Waals surface area contributed by atoms with E-state index in [1.165, 1.54) is 49.4 Å². The summed E-state index contributed by atoms with van der Waals surface area (Å²) < 4.78 is 84.3. The molecule has 4 aromatic rings. The van der Waals surface area contributed by atoms with Crippen molar-refractivity contribution in [3.63, 3.8) is 0 Å². The molecule has 0 spiro atoms. The number of aliphatic hydroxyl groups is 2. The molecule has 0 aliphatic carbocycles. The zero-order valence-electron chi connectivity index (χ0n) is 20.2. The third-order valence-corrected chi connectivity index (χ3v) is 5.67. The molecule has 2 N–H and O–H groups in total. The summed E-state index contributed by atoms with van der Waals surface area (Å²) in [5.41, 5.74) is -1.09. The van der Waals surface area contributed by atoms with Gasteiger partial charge in [0, 0.05) is 10.6 Å². The first-order chi connectivity index (χ1) is 18.6. The van der Waals surface area contributed by atoms with Crippen LogP contribution in [-0.4, -0.2) is 58.0 Å². The number of benzene rings is 2. The normalized spacial score (nSPS) is 13.8. The van der Waals surface area contributed by atoms with Gasteiger partial charge in [-0.15, -0.1) is 23.4 Å². The zero-order valence-corrected chi connectivity index (χ0v) is 21.0. The minimum atomic E-state index is -5.04. The second-order valence-electron chi connectivity index (χ2n) is 8.43. The van der Waals surface area contributed by atoms with Crippen LogP contribution in [0.1, 0.15) is 24.7 Å². The number of aromatic nitrogens is 6. The predicted octanol–water partition coefficient (Wildman–Crippen LogP) is 3.87. The van der Waals surface area contributed by atoms with Crippen LogP contribution in [-0.2, 0) is 13.1 Å². The average molecular weight is 593 g/mol. The molecule has 2 aromatic carbocycles. The number of nitrogens with zero attached hydrogens (tertiary/aromatic N) is 6. The molecule has 0 aliphatic rings. The minimum Gasteiger partial charge on any atom is -0.403 e. The van der Waals surface area contributed by atoms with Crippen LogP contribution >= 0.6 is 11.6 Å². The summed E-state index contributed by atoms with van der Waals surface area (Å²) in [6.07, 6.45) is -14.3. The predicted molar refractivity (Wildman–Crippen MR) is 127 cm³/mol. The number of hydrogen-bond donors (Lipinski definition) is 2. The maximum absolute atomic E-state index is 13.1. The van der Waals surface area contributed by atoms with E-state index >= 15 is 0 Å². The smallest absolute Gasteiger partial charge is 0.403 e. The van der Waals surface area contributed by atoms with Gasteiger partial charge in [0.1, 0.15) is 18.3 Å². The third-order valence-electron chi connectivity index (χ3n) is 5.42. The molecular weight excluding hydrogens is 574 g/mol. The van der Waals surface area contributed by atoms with Gasteiger partial charge >= 0.3 is 18.2 Å². The second kappa shape index (κ2) is 10.9. The van der Waals surface area contributed by atoms with E-state index in [0.29, 0.717) is 9.59 Å². The van der Waals surface area contributed by atoms with Crippen LogP contribution in [0.4, 0.5) is 26.3 Å². The summed E-state index contributed by atoms with van der Waals surface area (Å²) in [5.74, 6) is -1.32. The summed E-state index contributed by atoms with van der Waals surface area (Å²) in [6, 6.07) is 10.6. The molecule has 214 valence electrons. The molecule has 4 rings (SSSR count). The van der Waals surface area contributed by atoms with E-state index in [2.05, 4.69) is 19.9 Å². The molecule has 17 heteroatoms. The molecule has 0 bridgehead atoms. The lowest BCUT2D eigenvalue weighted by Crippen LogP contribution is -2.37. The summed E-state index contributed by atoms with van der Waals surface area (Å²) in [6.45, 7) is -0.456. The number of alkyl halides is 6. The molecule has 10 nitrogen and oxygen atoms in total. The van der Waals surface area contributed by atoms with Crippen molar-refractivity contribution in [1.29, 1.82) is 0 Å². The number of hydrogen-bond acceptors (Lipinski definition) is 7. The fourth-order valence-corrected chi connectivity index (χ4v) is 3.78. The average Bonchev–Trinajstić information content (AvgIpc) is 3.40. The molecule has 0 amide bonds. The van der Waals surface area contributed by atoms with Gasteiger partial charge in [-0.3, -0.25) is 4.57 Å². The summed E-state index contributed by atoms with van der Waals surface area (Å²) in [4.78, 5) is 17.2. The summed E-state index contributed by atoms with van der Waals surface area (Å²) >= 11 is 5.87. The molecule has 2 unspecified atom stereocenters. The Balaban J connectivity index is 1.78. The number of halogens is 7. The standard InChI is InChI=1S/C23H19ClF6N6O4/c1-12(37)19-31-18(32-36(19)15-4-2-3-5-16(15)40-23(28,29)30)11-35-21(39)34(10-17(38)22(25,26)27)20(33-35)13-6-8-14(24)9-7-13/h2-9,12,17,37-38H,10-11H2,1H3. The Morgan fingerprint density at radius 2 is 1.65 bits per heavy atom. The lowest BCUT2D eigenvalue weighted by Gasteiger charge is -2.15. The Hall–Kier alpha value is -3.89. The quantitative estimate of drug-likeness (QED) is 0.298. The maximum atomic E-state index is 13.1. The van der Waals surface area contributed by atoms with Crippen molar-refractivity contribution in [3.05, 3.63) is 75.7 Å². The van der Waals surface area contributed by atoms with Crippen molar-refractivity contribution in [1.82, 2.24) is 29.1 Å².